The molecular formula is C24H30F3N3O2. The lowest BCUT2D eigenvalue weighted by atomic mass is 9.88. The van der Waals surface area contributed by atoms with Crippen LogP contribution in [-0.4, -0.2) is 42.4 Å². The summed E-state index contributed by atoms with van der Waals surface area (Å²) in [6.45, 7) is 2.83. The molecule has 2 aliphatic heterocycles. The Morgan fingerprint density at radius 1 is 1.19 bits per heavy atom. The molecule has 0 spiro atoms. The summed E-state index contributed by atoms with van der Waals surface area (Å²) in [4.78, 5) is 10.4. The van der Waals surface area contributed by atoms with Crippen molar-refractivity contribution in [3.8, 4) is 0 Å². The van der Waals surface area contributed by atoms with Gasteiger partial charge < -0.3 is 14.4 Å². The zero-order valence-electron chi connectivity index (χ0n) is 18.6. The van der Waals surface area contributed by atoms with Crippen molar-refractivity contribution < 1.29 is 22.6 Å². The minimum Gasteiger partial charge on any atom is -0.381 e. The molecule has 0 radical (unpaired) electrons. The monoisotopic (exact) mass is 449 g/mol. The van der Waals surface area contributed by atoms with Crippen molar-refractivity contribution in [2.75, 3.05) is 31.8 Å². The van der Waals surface area contributed by atoms with E-state index in [9.17, 15) is 8.78 Å². The highest BCUT2D eigenvalue weighted by atomic mass is 19.3. The molecule has 1 aromatic heterocycles. The molecule has 4 rings (SSSR count). The average molecular weight is 450 g/mol. The Kier molecular flexibility index (Phi) is 6.72. The number of halogens is 3. The number of ether oxygens (including phenoxy) is 2. The molecule has 5 nitrogen and oxygen atoms in total. The molecule has 2 saturated heterocycles. The van der Waals surface area contributed by atoms with E-state index < -0.39 is 11.7 Å². The molecule has 174 valence electrons. The molecule has 2 aromatic rings. The highest BCUT2D eigenvalue weighted by Gasteiger charge is 2.34. The molecule has 0 N–H and O–H groups in total. The summed E-state index contributed by atoms with van der Waals surface area (Å²) in [6, 6.07) is 6.22. The number of hydrogen-bond acceptors (Lipinski definition) is 5. The van der Waals surface area contributed by atoms with Crippen molar-refractivity contribution in [3.05, 3.63) is 53.2 Å². The third kappa shape index (κ3) is 4.76. The average Bonchev–Trinajstić information content (AvgIpc) is 3.28. The molecule has 0 saturated carbocycles. The number of methoxy groups -OCH3 is 1. The summed E-state index contributed by atoms with van der Waals surface area (Å²) in [7, 11) is 1.70. The lowest BCUT2D eigenvalue weighted by molar-refractivity contribution is -0.0938. The molecule has 2 aliphatic rings. The topological polar surface area (TPSA) is 47.5 Å². The highest BCUT2D eigenvalue weighted by Crippen LogP contribution is 2.38. The van der Waals surface area contributed by atoms with Gasteiger partial charge in [-0.1, -0.05) is 24.3 Å². The van der Waals surface area contributed by atoms with E-state index in [0.29, 0.717) is 38.3 Å². The first-order chi connectivity index (χ1) is 15.3. The minimum atomic E-state index is -2.88. The minimum absolute atomic E-state index is 0.0264. The van der Waals surface area contributed by atoms with E-state index in [4.69, 9.17) is 9.47 Å². The van der Waals surface area contributed by atoms with Crippen molar-refractivity contribution >= 4 is 5.82 Å². The number of alkyl halides is 2. The van der Waals surface area contributed by atoms with Gasteiger partial charge in [0.15, 0.2) is 11.6 Å². The van der Waals surface area contributed by atoms with Gasteiger partial charge in [-0.15, -0.1) is 0 Å². The first kappa shape index (κ1) is 23.0. The molecular weight excluding hydrogens is 419 g/mol. The smallest absolute Gasteiger partial charge is 0.270 e. The van der Waals surface area contributed by atoms with Crippen LogP contribution in [0.2, 0.25) is 0 Å². The summed E-state index contributed by atoms with van der Waals surface area (Å²) < 4.78 is 53.8. The SMILES string of the molecule is COC1(CCc2ncnc(N3CCCC3c3ccc(C(C)(F)F)cc3)c2F)CCOCC1. The fourth-order valence-electron chi connectivity index (χ4n) is 4.78. The van der Waals surface area contributed by atoms with E-state index >= 15 is 4.39 Å². The molecule has 0 bridgehead atoms. The summed E-state index contributed by atoms with van der Waals surface area (Å²) in [5.74, 6) is -3.01. The molecule has 1 aromatic carbocycles. The fraction of sp³-hybridized carbons (Fsp3) is 0.583. The van der Waals surface area contributed by atoms with E-state index in [0.717, 1.165) is 38.2 Å². The summed E-state index contributed by atoms with van der Waals surface area (Å²) in [5.41, 5.74) is 0.927. The largest absolute Gasteiger partial charge is 0.381 e. The van der Waals surface area contributed by atoms with Gasteiger partial charge in [0.1, 0.15) is 6.33 Å². The fourth-order valence-corrected chi connectivity index (χ4v) is 4.78. The van der Waals surface area contributed by atoms with Gasteiger partial charge in [-0.05, 0) is 44.1 Å². The molecule has 0 aliphatic carbocycles. The van der Waals surface area contributed by atoms with Crippen molar-refractivity contribution in [2.45, 2.75) is 63.0 Å². The normalized spacial score (nSPS) is 21.2. The third-order valence-electron chi connectivity index (χ3n) is 6.82. The first-order valence-electron chi connectivity index (χ1n) is 11.2. The molecule has 3 heterocycles. The van der Waals surface area contributed by atoms with Crippen LogP contribution in [0.4, 0.5) is 19.0 Å². The Labute approximate surface area is 187 Å². The lowest BCUT2D eigenvalue weighted by Gasteiger charge is -2.36. The Bertz CT molecular complexity index is 912. The van der Waals surface area contributed by atoms with Gasteiger partial charge >= 0.3 is 0 Å². The second-order valence-corrected chi connectivity index (χ2v) is 8.82. The molecule has 8 heteroatoms. The third-order valence-corrected chi connectivity index (χ3v) is 6.82. The van der Waals surface area contributed by atoms with Crippen molar-refractivity contribution in [3.63, 3.8) is 0 Å². The first-order valence-corrected chi connectivity index (χ1v) is 11.2. The molecule has 1 unspecified atom stereocenters. The van der Waals surface area contributed by atoms with Crippen LogP contribution in [0, 0.1) is 5.82 Å². The summed E-state index contributed by atoms with van der Waals surface area (Å²) in [6.07, 6.45) is 5.78. The molecule has 0 amide bonds. The maximum Gasteiger partial charge on any atom is 0.270 e. The number of anilines is 1. The Morgan fingerprint density at radius 3 is 2.56 bits per heavy atom. The van der Waals surface area contributed by atoms with Crippen LogP contribution in [0.25, 0.3) is 0 Å². The van der Waals surface area contributed by atoms with Crippen LogP contribution in [0.3, 0.4) is 0 Å². The number of aromatic nitrogens is 2. The van der Waals surface area contributed by atoms with Crippen LogP contribution in [0.15, 0.2) is 30.6 Å². The van der Waals surface area contributed by atoms with Crippen LogP contribution in [0.1, 0.15) is 61.9 Å². The Morgan fingerprint density at radius 2 is 1.91 bits per heavy atom. The Balaban J connectivity index is 1.53. The molecule has 32 heavy (non-hydrogen) atoms. The van der Waals surface area contributed by atoms with Crippen LogP contribution in [-0.2, 0) is 21.8 Å². The predicted octanol–water partition coefficient (Wildman–Crippen LogP) is 5.20. The lowest BCUT2D eigenvalue weighted by Crippen LogP contribution is -2.38. The number of nitrogens with zero attached hydrogens (tertiary/aromatic N) is 3. The predicted molar refractivity (Wildman–Crippen MR) is 115 cm³/mol. The maximum atomic E-state index is 15.5. The number of rotatable bonds is 7. The van der Waals surface area contributed by atoms with Crippen molar-refractivity contribution in [2.24, 2.45) is 0 Å². The van der Waals surface area contributed by atoms with Crippen LogP contribution < -0.4 is 4.90 Å². The summed E-state index contributed by atoms with van der Waals surface area (Å²) in [5, 5.41) is 0. The van der Waals surface area contributed by atoms with Gasteiger partial charge in [0.2, 0.25) is 0 Å². The van der Waals surface area contributed by atoms with Gasteiger partial charge in [-0.25, -0.2) is 23.1 Å². The zero-order valence-corrected chi connectivity index (χ0v) is 18.6. The van der Waals surface area contributed by atoms with Gasteiger partial charge in [0.05, 0.1) is 17.3 Å². The van der Waals surface area contributed by atoms with Gasteiger partial charge in [0.25, 0.3) is 5.92 Å². The second kappa shape index (κ2) is 9.35. The van der Waals surface area contributed by atoms with E-state index in [-0.39, 0.29) is 23.0 Å². The molecule has 2 fully saturated rings. The molecule has 1 atom stereocenters. The van der Waals surface area contributed by atoms with E-state index in [1.54, 1.807) is 19.2 Å². The second-order valence-electron chi connectivity index (χ2n) is 8.82. The van der Waals surface area contributed by atoms with Gasteiger partial charge in [-0.2, -0.15) is 0 Å². The van der Waals surface area contributed by atoms with Crippen molar-refractivity contribution in [1.82, 2.24) is 9.97 Å². The van der Waals surface area contributed by atoms with Crippen LogP contribution in [0.5, 0.6) is 0 Å². The summed E-state index contributed by atoms with van der Waals surface area (Å²) >= 11 is 0. The quantitative estimate of drug-likeness (QED) is 0.582. The van der Waals surface area contributed by atoms with Gasteiger partial charge in [-0.3, -0.25) is 0 Å². The maximum absolute atomic E-state index is 15.5. The van der Waals surface area contributed by atoms with E-state index in [1.807, 2.05) is 4.90 Å². The van der Waals surface area contributed by atoms with E-state index in [1.165, 1.54) is 18.5 Å². The van der Waals surface area contributed by atoms with Crippen molar-refractivity contribution in [1.29, 1.82) is 0 Å². The zero-order chi connectivity index (χ0) is 22.8. The standard InChI is InChI=1S/C24H30F3N3O2/c1-23(26,27)18-7-5-17(6-8-18)20-4-3-13-30(20)22-21(25)19(28-16-29-22)9-10-24(31-2)11-14-32-15-12-24/h5-8,16,20H,3-4,9-15H2,1-2H3. The van der Waals surface area contributed by atoms with Crippen LogP contribution >= 0.6 is 0 Å². The van der Waals surface area contributed by atoms with Gasteiger partial charge in [0, 0.05) is 39.4 Å². The highest BCUT2D eigenvalue weighted by molar-refractivity contribution is 5.46. The number of hydrogen-bond donors (Lipinski definition) is 0. The van der Waals surface area contributed by atoms with E-state index in [2.05, 4.69) is 9.97 Å². The number of aryl methyl sites for hydroxylation is 1. The Hall–Kier alpha value is -2.19. The number of benzene rings is 1.